The zero-order valence-electron chi connectivity index (χ0n) is 18.2. The molecule has 7 nitrogen and oxygen atoms in total. The van der Waals surface area contributed by atoms with Gasteiger partial charge in [0.05, 0.1) is 5.69 Å². The van der Waals surface area contributed by atoms with Crippen LogP contribution in [0.15, 0.2) is 53.3 Å². The molecule has 7 heteroatoms. The molecule has 160 valence electrons. The van der Waals surface area contributed by atoms with Gasteiger partial charge in [-0.1, -0.05) is 43.3 Å². The molecule has 0 spiro atoms. The van der Waals surface area contributed by atoms with Crippen LogP contribution < -0.4 is 16.2 Å². The highest BCUT2D eigenvalue weighted by atomic mass is 16.2. The van der Waals surface area contributed by atoms with E-state index in [9.17, 15) is 14.4 Å². The molecule has 2 aromatic carbocycles. The van der Waals surface area contributed by atoms with E-state index >= 15 is 0 Å². The fraction of sp³-hybridized carbons (Fsp3) is 0.250. The number of amides is 2. The summed E-state index contributed by atoms with van der Waals surface area (Å²) in [5.74, 6) is -0.752. The van der Waals surface area contributed by atoms with Crippen molar-refractivity contribution in [1.29, 1.82) is 0 Å². The zero-order valence-corrected chi connectivity index (χ0v) is 18.2. The molecule has 0 fully saturated rings. The standard InChI is InChI=1S/C24H26N4O3/c1-5-18-8-10-19(11-9-18)21-13-22(25-17(4)29)24(31)28(27-21)14-23(30)26-20-12-15(2)6-7-16(20)3/h6-13H,5,14H2,1-4H3,(H,25,29)(H,26,30). The lowest BCUT2D eigenvalue weighted by Gasteiger charge is -2.13. The van der Waals surface area contributed by atoms with Crippen LogP contribution in [0.2, 0.25) is 0 Å². The van der Waals surface area contributed by atoms with Gasteiger partial charge >= 0.3 is 0 Å². The second-order valence-corrected chi connectivity index (χ2v) is 7.50. The molecule has 31 heavy (non-hydrogen) atoms. The van der Waals surface area contributed by atoms with E-state index in [0.29, 0.717) is 11.4 Å². The molecule has 0 aliphatic rings. The van der Waals surface area contributed by atoms with Gasteiger partial charge in [0.2, 0.25) is 11.8 Å². The van der Waals surface area contributed by atoms with E-state index < -0.39 is 5.56 Å². The smallest absolute Gasteiger partial charge is 0.291 e. The molecule has 0 atom stereocenters. The van der Waals surface area contributed by atoms with Gasteiger partial charge in [-0.25, -0.2) is 4.68 Å². The number of benzene rings is 2. The summed E-state index contributed by atoms with van der Waals surface area (Å²) in [5, 5.41) is 9.76. The van der Waals surface area contributed by atoms with Gasteiger partial charge in [-0.2, -0.15) is 5.10 Å². The van der Waals surface area contributed by atoms with Crippen LogP contribution in [0.4, 0.5) is 11.4 Å². The summed E-state index contributed by atoms with van der Waals surface area (Å²) in [5.41, 5.74) is 4.61. The maximum Gasteiger partial charge on any atom is 0.291 e. The Balaban J connectivity index is 1.95. The lowest BCUT2D eigenvalue weighted by Crippen LogP contribution is -2.32. The number of rotatable bonds is 6. The van der Waals surface area contributed by atoms with Crippen molar-refractivity contribution in [2.24, 2.45) is 0 Å². The van der Waals surface area contributed by atoms with Gasteiger partial charge in [0.1, 0.15) is 12.2 Å². The van der Waals surface area contributed by atoms with Gasteiger partial charge < -0.3 is 10.6 Å². The van der Waals surface area contributed by atoms with Crippen LogP contribution in [-0.4, -0.2) is 21.6 Å². The van der Waals surface area contributed by atoms with Gasteiger partial charge in [0.25, 0.3) is 5.56 Å². The predicted octanol–water partition coefficient (Wildman–Crippen LogP) is 3.69. The molecule has 0 saturated heterocycles. The number of nitrogens with one attached hydrogen (secondary N) is 2. The minimum absolute atomic E-state index is 0.0802. The third-order valence-electron chi connectivity index (χ3n) is 4.90. The quantitative estimate of drug-likeness (QED) is 0.639. The van der Waals surface area contributed by atoms with Crippen LogP contribution in [0.25, 0.3) is 11.3 Å². The van der Waals surface area contributed by atoms with Crippen LogP contribution in [-0.2, 0) is 22.6 Å². The van der Waals surface area contributed by atoms with Gasteiger partial charge in [-0.15, -0.1) is 0 Å². The number of aromatic nitrogens is 2. The normalized spacial score (nSPS) is 10.6. The largest absolute Gasteiger partial charge is 0.324 e. The minimum Gasteiger partial charge on any atom is -0.324 e. The van der Waals surface area contributed by atoms with Crippen molar-refractivity contribution in [2.75, 3.05) is 10.6 Å². The molecule has 0 aliphatic carbocycles. The fourth-order valence-electron chi connectivity index (χ4n) is 3.18. The third kappa shape index (κ3) is 5.45. The Kier molecular flexibility index (Phi) is 6.65. The summed E-state index contributed by atoms with van der Waals surface area (Å²) in [6.07, 6.45) is 0.906. The Morgan fingerprint density at radius 2 is 1.68 bits per heavy atom. The monoisotopic (exact) mass is 418 g/mol. The molecule has 3 aromatic rings. The number of anilines is 2. The Hall–Kier alpha value is -3.74. The van der Waals surface area contributed by atoms with Crippen molar-refractivity contribution >= 4 is 23.2 Å². The van der Waals surface area contributed by atoms with Crippen molar-refractivity contribution in [1.82, 2.24) is 9.78 Å². The fourth-order valence-corrected chi connectivity index (χ4v) is 3.18. The number of aryl methyl sites for hydroxylation is 3. The summed E-state index contributed by atoms with van der Waals surface area (Å²) in [6.45, 7) is 6.95. The first kappa shape index (κ1) is 22.0. The highest BCUT2D eigenvalue weighted by Crippen LogP contribution is 2.20. The van der Waals surface area contributed by atoms with E-state index in [2.05, 4.69) is 22.7 Å². The number of nitrogens with zero attached hydrogens (tertiary/aromatic N) is 2. The van der Waals surface area contributed by atoms with Crippen molar-refractivity contribution in [3.8, 4) is 11.3 Å². The van der Waals surface area contributed by atoms with E-state index in [1.165, 1.54) is 18.6 Å². The molecule has 0 saturated carbocycles. The number of hydrogen-bond donors (Lipinski definition) is 2. The molecule has 1 heterocycles. The summed E-state index contributed by atoms with van der Waals surface area (Å²) >= 11 is 0. The third-order valence-corrected chi connectivity index (χ3v) is 4.90. The molecule has 3 rings (SSSR count). The molecular weight excluding hydrogens is 392 g/mol. The molecule has 2 amide bonds. The second kappa shape index (κ2) is 9.38. The van der Waals surface area contributed by atoms with Gasteiger partial charge in [-0.3, -0.25) is 14.4 Å². The number of hydrogen-bond acceptors (Lipinski definition) is 4. The summed E-state index contributed by atoms with van der Waals surface area (Å²) < 4.78 is 1.08. The van der Waals surface area contributed by atoms with E-state index in [1.54, 1.807) is 0 Å². The Morgan fingerprint density at radius 1 is 0.968 bits per heavy atom. The Labute approximate surface area is 181 Å². The molecule has 1 aromatic heterocycles. The minimum atomic E-state index is -0.541. The first-order valence-corrected chi connectivity index (χ1v) is 10.1. The van der Waals surface area contributed by atoms with E-state index in [-0.39, 0.29) is 24.0 Å². The molecule has 2 N–H and O–H groups in total. The molecule has 0 aliphatic heterocycles. The van der Waals surface area contributed by atoms with Gasteiger partial charge in [0.15, 0.2) is 0 Å². The van der Waals surface area contributed by atoms with Crippen LogP contribution in [0, 0.1) is 13.8 Å². The molecule has 0 unspecified atom stereocenters. The average Bonchev–Trinajstić information content (AvgIpc) is 2.73. The van der Waals surface area contributed by atoms with Crippen molar-refractivity contribution < 1.29 is 9.59 Å². The zero-order chi connectivity index (χ0) is 22.5. The summed E-state index contributed by atoms with van der Waals surface area (Å²) in [4.78, 5) is 37.0. The van der Waals surface area contributed by atoms with Crippen LogP contribution >= 0.6 is 0 Å². The van der Waals surface area contributed by atoms with Crippen molar-refractivity contribution in [3.63, 3.8) is 0 Å². The SMILES string of the molecule is CCc1ccc(-c2cc(NC(C)=O)c(=O)n(CC(=O)Nc3cc(C)ccc3C)n2)cc1. The lowest BCUT2D eigenvalue weighted by molar-refractivity contribution is -0.117. The predicted molar refractivity (Wildman–Crippen MR) is 122 cm³/mol. The Bertz CT molecular complexity index is 1180. The van der Waals surface area contributed by atoms with Crippen LogP contribution in [0.1, 0.15) is 30.5 Å². The van der Waals surface area contributed by atoms with E-state index in [1.807, 2.05) is 56.3 Å². The van der Waals surface area contributed by atoms with Crippen molar-refractivity contribution in [2.45, 2.75) is 40.7 Å². The molecule has 0 radical (unpaired) electrons. The number of carbonyl (C=O) groups excluding carboxylic acids is 2. The summed E-state index contributed by atoms with van der Waals surface area (Å²) in [7, 11) is 0. The number of carbonyl (C=O) groups is 2. The first-order valence-electron chi connectivity index (χ1n) is 10.1. The van der Waals surface area contributed by atoms with E-state index in [4.69, 9.17) is 0 Å². The second-order valence-electron chi connectivity index (χ2n) is 7.50. The van der Waals surface area contributed by atoms with Crippen molar-refractivity contribution in [3.05, 3.63) is 75.6 Å². The lowest BCUT2D eigenvalue weighted by atomic mass is 10.1. The molecular formula is C24H26N4O3. The maximum atomic E-state index is 12.8. The topological polar surface area (TPSA) is 93.1 Å². The maximum absolute atomic E-state index is 12.8. The average molecular weight is 418 g/mol. The molecule has 0 bridgehead atoms. The highest BCUT2D eigenvalue weighted by Gasteiger charge is 2.14. The first-order chi connectivity index (χ1) is 14.8. The van der Waals surface area contributed by atoms with Crippen LogP contribution in [0.3, 0.4) is 0 Å². The Morgan fingerprint density at radius 3 is 2.32 bits per heavy atom. The van der Waals surface area contributed by atoms with Crippen LogP contribution in [0.5, 0.6) is 0 Å². The van der Waals surface area contributed by atoms with E-state index in [0.717, 1.165) is 27.8 Å². The highest BCUT2D eigenvalue weighted by molar-refractivity contribution is 5.92. The summed E-state index contributed by atoms with van der Waals surface area (Å²) in [6, 6.07) is 15.1. The van der Waals surface area contributed by atoms with Gasteiger partial charge in [0, 0.05) is 18.2 Å². The van der Waals surface area contributed by atoms with Gasteiger partial charge in [-0.05, 0) is 49.1 Å².